The second-order valence-electron chi connectivity index (χ2n) is 3.89. The Balaban J connectivity index is 0.000000606. The maximum atomic E-state index is 3.18. The molecule has 1 N–H and O–H groups in total. The molecule has 0 saturated carbocycles. The number of anilines is 1. The van der Waals surface area contributed by atoms with Gasteiger partial charge in [0.1, 0.15) is 0 Å². The minimum Gasteiger partial charge on any atom is -0.372 e. The van der Waals surface area contributed by atoms with Crippen molar-refractivity contribution >= 4 is 5.69 Å². The molecule has 0 aliphatic carbocycles. The fourth-order valence-electron chi connectivity index (χ4n) is 2.04. The summed E-state index contributed by atoms with van der Waals surface area (Å²) in [4.78, 5) is 2.47. The molecule has 0 unspecified atom stereocenters. The van der Waals surface area contributed by atoms with Gasteiger partial charge >= 0.3 is 0 Å². The van der Waals surface area contributed by atoms with E-state index in [0.717, 1.165) is 6.54 Å². The summed E-state index contributed by atoms with van der Waals surface area (Å²) in [5, 5.41) is 3.18. The van der Waals surface area contributed by atoms with Crippen molar-refractivity contribution in [3.63, 3.8) is 0 Å². The molecule has 1 saturated heterocycles. The highest BCUT2D eigenvalue weighted by molar-refractivity contribution is 5.49. The Labute approximate surface area is 99.7 Å². The van der Waals surface area contributed by atoms with Gasteiger partial charge in [0.25, 0.3) is 0 Å². The Kier molecular flexibility index (Phi) is 5.94. The van der Waals surface area contributed by atoms with E-state index in [9.17, 15) is 0 Å². The quantitative estimate of drug-likeness (QED) is 0.842. The van der Waals surface area contributed by atoms with E-state index in [2.05, 4.69) is 34.5 Å². The Hall–Kier alpha value is -1.02. The van der Waals surface area contributed by atoms with Gasteiger partial charge in [0.15, 0.2) is 0 Å². The Morgan fingerprint density at radius 2 is 1.88 bits per heavy atom. The van der Waals surface area contributed by atoms with E-state index in [1.54, 1.807) is 0 Å². The van der Waals surface area contributed by atoms with Gasteiger partial charge in [-0.2, -0.15) is 0 Å². The van der Waals surface area contributed by atoms with Gasteiger partial charge in [-0.1, -0.05) is 26.0 Å². The average molecular weight is 220 g/mol. The van der Waals surface area contributed by atoms with Crippen LogP contribution in [0.15, 0.2) is 24.3 Å². The van der Waals surface area contributed by atoms with Crippen molar-refractivity contribution in [1.82, 2.24) is 5.32 Å². The summed E-state index contributed by atoms with van der Waals surface area (Å²) in [5.41, 5.74) is 2.76. The highest BCUT2D eigenvalue weighted by Crippen LogP contribution is 2.20. The van der Waals surface area contributed by atoms with Gasteiger partial charge in [0.05, 0.1) is 0 Å². The predicted molar refractivity (Wildman–Crippen MR) is 72.0 cm³/mol. The molecule has 1 fully saturated rings. The zero-order valence-electron chi connectivity index (χ0n) is 10.8. The van der Waals surface area contributed by atoms with Crippen LogP contribution in [0.1, 0.15) is 32.3 Å². The van der Waals surface area contributed by atoms with E-state index < -0.39 is 0 Å². The molecule has 2 rings (SSSR count). The third kappa shape index (κ3) is 3.53. The van der Waals surface area contributed by atoms with Crippen LogP contribution in [0.25, 0.3) is 0 Å². The van der Waals surface area contributed by atoms with E-state index in [1.165, 1.54) is 37.2 Å². The summed E-state index contributed by atoms with van der Waals surface area (Å²) < 4.78 is 0. The van der Waals surface area contributed by atoms with Crippen molar-refractivity contribution in [2.24, 2.45) is 0 Å². The molecule has 0 amide bonds. The molecular formula is C14H24N2. The van der Waals surface area contributed by atoms with E-state index in [4.69, 9.17) is 0 Å². The van der Waals surface area contributed by atoms with E-state index >= 15 is 0 Å². The lowest BCUT2D eigenvalue weighted by atomic mass is 10.2. The standard InChI is InChI=1S/C12H18N2.C2H6/c1-13-10-11-5-4-6-12(9-11)14-7-2-3-8-14;1-2/h4-6,9,13H,2-3,7-8,10H2,1H3;1-2H3. The Morgan fingerprint density at radius 1 is 1.19 bits per heavy atom. The highest BCUT2D eigenvalue weighted by Gasteiger charge is 2.11. The lowest BCUT2D eigenvalue weighted by Crippen LogP contribution is -2.17. The van der Waals surface area contributed by atoms with Gasteiger partial charge in [-0.05, 0) is 37.6 Å². The molecule has 90 valence electrons. The summed E-state index contributed by atoms with van der Waals surface area (Å²) in [6, 6.07) is 8.84. The highest BCUT2D eigenvalue weighted by atomic mass is 15.1. The molecule has 0 bridgehead atoms. The third-order valence-corrected chi connectivity index (χ3v) is 2.76. The first kappa shape index (κ1) is 13.0. The normalized spacial score (nSPS) is 14.6. The Bertz CT molecular complexity index is 291. The minimum atomic E-state index is 0.960. The monoisotopic (exact) mass is 220 g/mol. The number of hydrogen-bond donors (Lipinski definition) is 1. The van der Waals surface area contributed by atoms with Crippen molar-refractivity contribution in [3.05, 3.63) is 29.8 Å². The molecule has 0 radical (unpaired) electrons. The fraction of sp³-hybridized carbons (Fsp3) is 0.571. The number of rotatable bonds is 3. The first-order valence-electron chi connectivity index (χ1n) is 6.38. The number of hydrogen-bond acceptors (Lipinski definition) is 2. The summed E-state index contributed by atoms with van der Waals surface area (Å²) in [7, 11) is 1.99. The number of nitrogens with one attached hydrogen (secondary N) is 1. The molecule has 1 aliphatic heterocycles. The first-order valence-corrected chi connectivity index (χ1v) is 6.38. The largest absolute Gasteiger partial charge is 0.372 e. The van der Waals surface area contributed by atoms with Crippen molar-refractivity contribution in [2.75, 3.05) is 25.0 Å². The van der Waals surface area contributed by atoms with E-state index in [0.29, 0.717) is 0 Å². The average Bonchev–Trinajstić information content (AvgIpc) is 2.86. The second kappa shape index (κ2) is 7.29. The van der Waals surface area contributed by atoms with Crippen LogP contribution in [0.3, 0.4) is 0 Å². The van der Waals surface area contributed by atoms with Crippen molar-refractivity contribution < 1.29 is 0 Å². The van der Waals surface area contributed by atoms with Gasteiger partial charge in [-0.15, -0.1) is 0 Å². The van der Waals surface area contributed by atoms with Crippen LogP contribution >= 0.6 is 0 Å². The molecule has 0 spiro atoms. The molecule has 0 aromatic heterocycles. The smallest absolute Gasteiger partial charge is 0.0369 e. The van der Waals surface area contributed by atoms with Crippen LogP contribution in [0, 0.1) is 0 Å². The van der Waals surface area contributed by atoms with Crippen LogP contribution < -0.4 is 10.2 Å². The predicted octanol–water partition coefficient (Wildman–Crippen LogP) is 3.03. The van der Waals surface area contributed by atoms with Gasteiger partial charge in [-0.3, -0.25) is 0 Å². The number of benzene rings is 1. The summed E-state index contributed by atoms with van der Waals surface area (Å²) in [6.07, 6.45) is 2.69. The zero-order chi connectivity index (χ0) is 11.8. The molecular weight excluding hydrogens is 196 g/mol. The van der Waals surface area contributed by atoms with Crippen LogP contribution in [0.4, 0.5) is 5.69 Å². The lowest BCUT2D eigenvalue weighted by Gasteiger charge is -2.18. The second-order valence-corrected chi connectivity index (χ2v) is 3.89. The zero-order valence-corrected chi connectivity index (χ0v) is 10.8. The van der Waals surface area contributed by atoms with Crippen LogP contribution in [-0.2, 0) is 6.54 Å². The van der Waals surface area contributed by atoms with Gasteiger partial charge < -0.3 is 10.2 Å². The summed E-state index contributed by atoms with van der Waals surface area (Å²) in [6.45, 7) is 7.41. The van der Waals surface area contributed by atoms with Gasteiger partial charge in [-0.25, -0.2) is 0 Å². The molecule has 1 aromatic rings. The van der Waals surface area contributed by atoms with Crippen molar-refractivity contribution in [2.45, 2.75) is 33.2 Å². The maximum absolute atomic E-state index is 3.18. The first-order chi connectivity index (χ1) is 7.90. The molecule has 1 heterocycles. The third-order valence-electron chi connectivity index (χ3n) is 2.76. The molecule has 1 aromatic carbocycles. The van der Waals surface area contributed by atoms with Crippen LogP contribution in [0.2, 0.25) is 0 Å². The van der Waals surface area contributed by atoms with Crippen molar-refractivity contribution in [1.29, 1.82) is 0 Å². The van der Waals surface area contributed by atoms with Crippen molar-refractivity contribution in [3.8, 4) is 0 Å². The summed E-state index contributed by atoms with van der Waals surface area (Å²) >= 11 is 0. The van der Waals surface area contributed by atoms with E-state index in [-0.39, 0.29) is 0 Å². The fourth-order valence-corrected chi connectivity index (χ4v) is 2.04. The summed E-state index contributed by atoms with van der Waals surface area (Å²) in [5.74, 6) is 0. The molecule has 16 heavy (non-hydrogen) atoms. The topological polar surface area (TPSA) is 15.3 Å². The van der Waals surface area contributed by atoms with Gasteiger partial charge in [0.2, 0.25) is 0 Å². The van der Waals surface area contributed by atoms with Crippen LogP contribution in [0.5, 0.6) is 0 Å². The molecule has 1 aliphatic rings. The Morgan fingerprint density at radius 3 is 2.50 bits per heavy atom. The SMILES string of the molecule is CC.CNCc1cccc(N2CCCC2)c1. The molecule has 2 nitrogen and oxygen atoms in total. The lowest BCUT2D eigenvalue weighted by molar-refractivity contribution is 0.816. The van der Waals surface area contributed by atoms with E-state index in [1.807, 2.05) is 20.9 Å². The molecule has 0 atom stereocenters. The molecule has 2 heteroatoms. The maximum Gasteiger partial charge on any atom is 0.0369 e. The number of nitrogens with zero attached hydrogens (tertiary/aromatic N) is 1. The minimum absolute atomic E-state index is 0.960. The van der Waals surface area contributed by atoms with Crippen LogP contribution in [-0.4, -0.2) is 20.1 Å². The van der Waals surface area contributed by atoms with Gasteiger partial charge in [0, 0.05) is 25.3 Å².